The smallest absolute Gasteiger partial charge is 0.410 e. The van der Waals surface area contributed by atoms with E-state index in [-0.39, 0.29) is 12.0 Å². The van der Waals surface area contributed by atoms with E-state index in [0.29, 0.717) is 31.0 Å². The van der Waals surface area contributed by atoms with Crippen molar-refractivity contribution in [3.8, 4) is 0 Å². The Kier molecular flexibility index (Phi) is 7.06. The van der Waals surface area contributed by atoms with E-state index in [1.165, 1.54) is 12.8 Å². The van der Waals surface area contributed by atoms with Crippen molar-refractivity contribution in [2.24, 2.45) is 11.8 Å². The molecule has 2 atom stereocenters. The van der Waals surface area contributed by atoms with Crippen molar-refractivity contribution < 1.29 is 14.3 Å². The summed E-state index contributed by atoms with van der Waals surface area (Å²) in [5.74, 6) is 1.77. The number of nitrogens with zero attached hydrogens (tertiary/aromatic N) is 4. The fraction of sp³-hybridized carbons (Fsp3) is 0.773. The van der Waals surface area contributed by atoms with Gasteiger partial charge in [-0.05, 0) is 71.8 Å². The van der Waals surface area contributed by atoms with Crippen molar-refractivity contribution in [2.45, 2.75) is 65.0 Å². The van der Waals surface area contributed by atoms with Crippen LogP contribution in [0.2, 0.25) is 0 Å². The van der Waals surface area contributed by atoms with E-state index in [1.54, 1.807) is 18.1 Å². The molecule has 2 aliphatic rings. The maximum atomic E-state index is 12.7. The fourth-order valence-corrected chi connectivity index (χ4v) is 4.15. The van der Waals surface area contributed by atoms with E-state index in [9.17, 15) is 9.59 Å². The van der Waals surface area contributed by atoms with Gasteiger partial charge < -0.3 is 15.0 Å². The molecule has 0 bridgehead atoms. The number of amides is 2. The molecule has 1 aliphatic heterocycles. The first-order valence-corrected chi connectivity index (χ1v) is 11.1. The lowest BCUT2D eigenvalue weighted by Crippen LogP contribution is -2.45. The largest absolute Gasteiger partial charge is 0.444 e. The second kappa shape index (κ2) is 9.37. The number of nitrogens with one attached hydrogen (secondary N) is 1. The second-order valence-electron chi connectivity index (χ2n) is 9.89. The van der Waals surface area contributed by atoms with Crippen LogP contribution in [0, 0.1) is 11.8 Å². The number of piperidine rings is 1. The molecular weight excluding hydrogens is 382 g/mol. The van der Waals surface area contributed by atoms with Crippen molar-refractivity contribution in [3.05, 3.63) is 12.3 Å². The van der Waals surface area contributed by atoms with Crippen molar-refractivity contribution in [1.29, 1.82) is 0 Å². The van der Waals surface area contributed by atoms with Crippen LogP contribution in [0.3, 0.4) is 0 Å². The molecule has 0 aromatic carbocycles. The Morgan fingerprint density at radius 3 is 2.73 bits per heavy atom. The molecule has 8 nitrogen and oxygen atoms in total. The molecule has 2 fully saturated rings. The Hall–Kier alpha value is -2.09. The third kappa shape index (κ3) is 6.45. The molecule has 1 saturated carbocycles. The maximum Gasteiger partial charge on any atom is 0.410 e. The van der Waals surface area contributed by atoms with Crippen molar-refractivity contribution in [2.75, 3.05) is 38.5 Å². The first-order valence-electron chi connectivity index (χ1n) is 11.1. The summed E-state index contributed by atoms with van der Waals surface area (Å²) in [6.07, 6.45) is 6.00. The summed E-state index contributed by atoms with van der Waals surface area (Å²) >= 11 is 0. The average molecular weight is 420 g/mol. The Balaban J connectivity index is 1.47. The third-order valence-corrected chi connectivity index (χ3v) is 5.84. The first kappa shape index (κ1) is 22.6. The summed E-state index contributed by atoms with van der Waals surface area (Å²) in [5.41, 5.74) is -0.494. The number of hydrogen-bond acceptors (Lipinski definition) is 5. The summed E-state index contributed by atoms with van der Waals surface area (Å²) in [5, 5.41) is 7.44. The van der Waals surface area contributed by atoms with E-state index in [4.69, 9.17) is 4.74 Å². The van der Waals surface area contributed by atoms with Gasteiger partial charge in [-0.3, -0.25) is 9.69 Å². The molecule has 2 amide bonds. The van der Waals surface area contributed by atoms with Gasteiger partial charge in [0.1, 0.15) is 11.4 Å². The first-order chi connectivity index (χ1) is 14.1. The van der Waals surface area contributed by atoms with Crippen LogP contribution >= 0.6 is 0 Å². The van der Waals surface area contributed by atoms with Gasteiger partial charge in [0, 0.05) is 26.2 Å². The van der Waals surface area contributed by atoms with E-state index in [0.717, 1.165) is 31.7 Å². The standard InChI is InChI=1S/C22H37N5O3/c1-16(18-8-9-18)27-19(10-11-23-27)24-20(28)15-26-12-6-7-17(14-26)13-25(5)21(29)30-22(2,3)4/h10-11,16-18H,6-9,12-15H2,1-5H3,(H,24,28). The van der Waals surface area contributed by atoms with Crippen LogP contribution in [0.15, 0.2) is 12.3 Å². The molecular formula is C22H37N5O3. The van der Waals surface area contributed by atoms with Crippen LogP contribution in [0.1, 0.15) is 59.4 Å². The quantitative estimate of drug-likeness (QED) is 0.733. The van der Waals surface area contributed by atoms with Gasteiger partial charge in [0.25, 0.3) is 0 Å². The number of carbonyl (C=O) groups excluding carboxylic acids is 2. The summed E-state index contributed by atoms with van der Waals surface area (Å²) in [6, 6.07) is 2.18. The molecule has 168 valence electrons. The third-order valence-electron chi connectivity index (χ3n) is 5.84. The van der Waals surface area contributed by atoms with Crippen molar-refractivity contribution in [3.63, 3.8) is 0 Å². The summed E-state index contributed by atoms with van der Waals surface area (Å²) in [4.78, 5) is 28.7. The van der Waals surface area contributed by atoms with Gasteiger partial charge in [-0.15, -0.1) is 0 Å². The molecule has 2 heterocycles. The van der Waals surface area contributed by atoms with Crippen LogP contribution in [0.4, 0.5) is 10.6 Å². The number of anilines is 1. The van der Waals surface area contributed by atoms with Crippen LogP contribution in [-0.2, 0) is 9.53 Å². The van der Waals surface area contributed by atoms with Gasteiger partial charge in [-0.1, -0.05) is 0 Å². The molecule has 1 aromatic heterocycles. The molecule has 0 spiro atoms. The molecule has 1 aromatic rings. The Morgan fingerprint density at radius 2 is 2.07 bits per heavy atom. The zero-order chi connectivity index (χ0) is 21.9. The topological polar surface area (TPSA) is 79.7 Å². The predicted octanol–water partition coefficient (Wildman–Crippen LogP) is 3.37. The number of likely N-dealkylation sites (tertiary alicyclic amines) is 1. The average Bonchev–Trinajstić information content (AvgIpc) is 3.39. The number of carbonyl (C=O) groups is 2. The number of hydrogen-bond donors (Lipinski definition) is 1. The number of rotatable bonds is 7. The lowest BCUT2D eigenvalue weighted by molar-refractivity contribution is -0.117. The van der Waals surface area contributed by atoms with Gasteiger partial charge in [-0.25, -0.2) is 9.48 Å². The minimum atomic E-state index is -0.494. The SMILES string of the molecule is CC(C1CC1)n1nccc1NC(=O)CN1CCCC(CN(C)C(=O)OC(C)(C)C)C1. The Labute approximate surface area is 179 Å². The highest BCUT2D eigenvalue weighted by Gasteiger charge is 2.31. The Morgan fingerprint density at radius 1 is 1.33 bits per heavy atom. The molecule has 8 heteroatoms. The summed E-state index contributed by atoms with van der Waals surface area (Å²) < 4.78 is 7.38. The number of aromatic nitrogens is 2. The highest BCUT2D eigenvalue weighted by molar-refractivity contribution is 5.91. The van der Waals surface area contributed by atoms with Gasteiger partial charge >= 0.3 is 6.09 Å². The van der Waals surface area contributed by atoms with E-state index >= 15 is 0 Å². The van der Waals surface area contributed by atoms with Crippen LogP contribution in [0.5, 0.6) is 0 Å². The van der Waals surface area contributed by atoms with Crippen molar-refractivity contribution >= 4 is 17.8 Å². The van der Waals surface area contributed by atoms with Crippen LogP contribution in [-0.4, -0.2) is 70.4 Å². The zero-order valence-corrected chi connectivity index (χ0v) is 19.1. The Bertz CT molecular complexity index is 737. The van der Waals surface area contributed by atoms with Crippen molar-refractivity contribution in [1.82, 2.24) is 19.6 Å². The molecule has 3 rings (SSSR count). The van der Waals surface area contributed by atoms with Gasteiger partial charge in [0.05, 0.1) is 18.8 Å². The zero-order valence-electron chi connectivity index (χ0n) is 19.1. The van der Waals surface area contributed by atoms with Crippen LogP contribution < -0.4 is 5.32 Å². The summed E-state index contributed by atoms with van der Waals surface area (Å²) in [7, 11) is 1.78. The van der Waals surface area contributed by atoms with Gasteiger partial charge in [0.15, 0.2) is 0 Å². The molecule has 1 saturated heterocycles. The highest BCUT2D eigenvalue weighted by Crippen LogP contribution is 2.40. The lowest BCUT2D eigenvalue weighted by atomic mass is 9.97. The second-order valence-corrected chi connectivity index (χ2v) is 9.89. The van der Waals surface area contributed by atoms with E-state index < -0.39 is 5.60 Å². The molecule has 30 heavy (non-hydrogen) atoms. The lowest BCUT2D eigenvalue weighted by Gasteiger charge is -2.34. The number of ether oxygens (including phenoxy) is 1. The minimum absolute atomic E-state index is 0.0131. The van der Waals surface area contributed by atoms with E-state index in [1.807, 2.05) is 31.5 Å². The highest BCUT2D eigenvalue weighted by atomic mass is 16.6. The molecule has 0 radical (unpaired) electrons. The summed E-state index contributed by atoms with van der Waals surface area (Å²) in [6.45, 7) is 10.5. The molecule has 2 unspecified atom stereocenters. The van der Waals surface area contributed by atoms with Gasteiger partial charge in [0.2, 0.25) is 5.91 Å². The fourth-order valence-electron chi connectivity index (χ4n) is 4.15. The van der Waals surface area contributed by atoms with Crippen LogP contribution in [0.25, 0.3) is 0 Å². The predicted molar refractivity (Wildman–Crippen MR) is 116 cm³/mol. The maximum absolute atomic E-state index is 12.7. The molecule has 1 N–H and O–H groups in total. The molecule has 1 aliphatic carbocycles. The normalized spacial score (nSPS) is 21.2. The van der Waals surface area contributed by atoms with Gasteiger partial charge in [-0.2, -0.15) is 5.10 Å². The monoisotopic (exact) mass is 419 g/mol. The minimum Gasteiger partial charge on any atom is -0.444 e. The van der Waals surface area contributed by atoms with E-state index in [2.05, 4.69) is 22.2 Å².